The van der Waals surface area contributed by atoms with E-state index in [2.05, 4.69) is 53.6 Å². The van der Waals surface area contributed by atoms with E-state index in [4.69, 9.17) is 0 Å². The van der Waals surface area contributed by atoms with Crippen molar-refractivity contribution >= 4 is 16.3 Å². The summed E-state index contributed by atoms with van der Waals surface area (Å²) < 4.78 is 0. The van der Waals surface area contributed by atoms with Crippen molar-refractivity contribution in [3.8, 4) is 0 Å². The molecule has 0 N–H and O–H groups in total. The maximum atomic E-state index is 2.45. The van der Waals surface area contributed by atoms with Crippen molar-refractivity contribution in [2.45, 2.75) is 6.42 Å². The van der Waals surface area contributed by atoms with E-state index in [-0.39, 0.29) is 0 Å². The van der Waals surface area contributed by atoms with E-state index in [0.717, 1.165) is 5.92 Å². The molecule has 2 aromatic rings. The molecule has 1 heteroatoms. The summed E-state index contributed by atoms with van der Waals surface area (Å²) in [6.07, 6.45) is 3.69. The molecule has 2 aliphatic rings. The fraction of sp³-hybridized carbons (Fsp3) is 0.250. The number of nitrogens with zero attached hydrogens (tertiary/aromatic N) is 1. The first-order valence-electron chi connectivity index (χ1n) is 6.35. The molecule has 2 bridgehead atoms. The summed E-state index contributed by atoms with van der Waals surface area (Å²) in [5, 5.41) is 2.68. The minimum absolute atomic E-state index is 0.774. The van der Waals surface area contributed by atoms with E-state index >= 15 is 0 Å². The van der Waals surface area contributed by atoms with Crippen LogP contribution in [-0.2, 0) is 0 Å². The lowest BCUT2D eigenvalue weighted by Crippen LogP contribution is -2.07. The summed E-state index contributed by atoms with van der Waals surface area (Å²) in [6.45, 7) is 2.49. The third kappa shape index (κ3) is 1.39. The number of benzene rings is 2. The number of hydrogen-bond acceptors (Lipinski definition) is 1. The molecule has 1 saturated heterocycles. The average molecular weight is 221 g/mol. The zero-order valence-electron chi connectivity index (χ0n) is 9.76. The summed E-state index contributed by atoms with van der Waals surface area (Å²) >= 11 is 0. The highest BCUT2D eigenvalue weighted by Gasteiger charge is 2.31. The number of rotatable bonds is 1. The maximum absolute atomic E-state index is 2.45. The smallest absolute Gasteiger partial charge is 0.0242 e. The number of hydrogen-bond donors (Lipinski definition) is 0. The van der Waals surface area contributed by atoms with Gasteiger partial charge in [0, 0.05) is 25.2 Å². The highest BCUT2D eigenvalue weighted by molar-refractivity contribution is 5.86. The Hall–Kier alpha value is -1.76. The number of fused-ring (bicyclic) bond motifs is 3. The van der Waals surface area contributed by atoms with Crippen LogP contribution in [0.3, 0.4) is 0 Å². The van der Waals surface area contributed by atoms with Gasteiger partial charge < -0.3 is 4.90 Å². The third-order valence-corrected chi connectivity index (χ3v) is 4.06. The minimum atomic E-state index is 0.774. The van der Waals surface area contributed by atoms with Crippen LogP contribution >= 0.6 is 0 Å². The Morgan fingerprint density at radius 3 is 2.65 bits per heavy atom. The topological polar surface area (TPSA) is 3.24 Å². The van der Waals surface area contributed by atoms with Gasteiger partial charge >= 0.3 is 0 Å². The molecule has 0 saturated carbocycles. The zero-order valence-corrected chi connectivity index (χ0v) is 9.76. The van der Waals surface area contributed by atoms with Gasteiger partial charge in [-0.05, 0) is 34.4 Å². The van der Waals surface area contributed by atoms with Crippen LogP contribution in [0.25, 0.3) is 16.3 Å². The zero-order chi connectivity index (χ0) is 11.2. The Morgan fingerprint density at radius 2 is 1.88 bits per heavy atom. The molecule has 1 fully saturated rings. The van der Waals surface area contributed by atoms with Gasteiger partial charge in [-0.15, -0.1) is 0 Å². The van der Waals surface area contributed by atoms with Crippen LogP contribution in [0.2, 0.25) is 0 Å². The van der Waals surface area contributed by atoms with Gasteiger partial charge in [-0.2, -0.15) is 0 Å². The largest absolute Gasteiger partial charge is 0.376 e. The molecular formula is C16H15N. The van der Waals surface area contributed by atoms with E-state index in [9.17, 15) is 0 Å². The molecule has 2 heterocycles. The quantitative estimate of drug-likeness (QED) is 0.712. The predicted molar refractivity (Wildman–Crippen MR) is 71.6 cm³/mol. The molecule has 0 aliphatic carbocycles. The Balaban J connectivity index is 1.84. The van der Waals surface area contributed by atoms with E-state index in [1.54, 1.807) is 5.57 Å². The lowest BCUT2D eigenvalue weighted by molar-refractivity contribution is 0.479. The van der Waals surface area contributed by atoms with Crippen molar-refractivity contribution in [2.24, 2.45) is 5.92 Å². The van der Waals surface area contributed by atoms with Gasteiger partial charge in [0.1, 0.15) is 0 Å². The summed E-state index contributed by atoms with van der Waals surface area (Å²) in [6, 6.07) is 15.5. The van der Waals surface area contributed by atoms with Crippen LogP contribution in [0.4, 0.5) is 0 Å². The molecule has 84 valence electrons. The molecule has 2 aromatic carbocycles. The molecule has 0 spiro atoms. The van der Waals surface area contributed by atoms with E-state index < -0.39 is 0 Å². The van der Waals surface area contributed by atoms with Crippen LogP contribution < -0.4 is 0 Å². The highest BCUT2D eigenvalue weighted by atomic mass is 15.2. The first-order chi connectivity index (χ1) is 8.40. The molecular weight excluding hydrogens is 206 g/mol. The van der Waals surface area contributed by atoms with Gasteiger partial charge in [0.25, 0.3) is 0 Å². The van der Waals surface area contributed by atoms with Crippen molar-refractivity contribution < 1.29 is 0 Å². The Kier molecular flexibility index (Phi) is 1.84. The first kappa shape index (κ1) is 9.29. The normalized spacial score (nSPS) is 22.2. The molecule has 2 aliphatic heterocycles. The summed E-state index contributed by atoms with van der Waals surface area (Å²) in [4.78, 5) is 2.45. The predicted octanol–water partition coefficient (Wildman–Crippen LogP) is 3.52. The van der Waals surface area contributed by atoms with E-state index in [0.29, 0.717) is 0 Å². The van der Waals surface area contributed by atoms with Crippen LogP contribution in [0, 0.1) is 5.92 Å². The Labute approximate surface area is 101 Å². The minimum Gasteiger partial charge on any atom is -0.376 e. The van der Waals surface area contributed by atoms with Crippen LogP contribution in [0.15, 0.2) is 48.7 Å². The van der Waals surface area contributed by atoms with Crippen LogP contribution in [0.5, 0.6) is 0 Å². The summed E-state index contributed by atoms with van der Waals surface area (Å²) in [5.74, 6) is 0.774. The highest BCUT2D eigenvalue weighted by Crippen LogP contribution is 2.38. The standard InChI is InChI=1S/C16H15N/c1-2-4-13-9-14(6-5-12(13)3-1)16-11-17-8-7-15(16)10-17/h1-6,9,11,15H,7-8,10H2. The molecule has 0 radical (unpaired) electrons. The monoisotopic (exact) mass is 221 g/mol. The van der Waals surface area contributed by atoms with Gasteiger partial charge in [-0.25, -0.2) is 0 Å². The summed E-state index contributed by atoms with van der Waals surface area (Å²) in [5.41, 5.74) is 2.96. The first-order valence-corrected chi connectivity index (χ1v) is 6.35. The van der Waals surface area contributed by atoms with Gasteiger partial charge in [0.05, 0.1) is 0 Å². The van der Waals surface area contributed by atoms with Crippen molar-refractivity contribution in [2.75, 3.05) is 13.1 Å². The fourth-order valence-corrected chi connectivity index (χ4v) is 3.14. The second-order valence-corrected chi connectivity index (χ2v) is 5.13. The maximum Gasteiger partial charge on any atom is 0.0242 e. The average Bonchev–Trinajstić information content (AvgIpc) is 3.00. The fourth-order valence-electron chi connectivity index (χ4n) is 3.14. The SMILES string of the molecule is C1=C(c2ccc3ccccc3c2)C2CCN1C2. The lowest BCUT2D eigenvalue weighted by atomic mass is 9.92. The Morgan fingerprint density at radius 1 is 1.00 bits per heavy atom. The van der Waals surface area contributed by atoms with Crippen LogP contribution in [0.1, 0.15) is 12.0 Å². The van der Waals surface area contributed by atoms with Gasteiger partial charge in [0.2, 0.25) is 0 Å². The third-order valence-electron chi connectivity index (χ3n) is 4.06. The van der Waals surface area contributed by atoms with Gasteiger partial charge in [-0.3, -0.25) is 0 Å². The van der Waals surface area contributed by atoms with Gasteiger partial charge in [-0.1, -0.05) is 36.4 Å². The van der Waals surface area contributed by atoms with Crippen LogP contribution in [-0.4, -0.2) is 18.0 Å². The van der Waals surface area contributed by atoms with Crippen molar-refractivity contribution in [1.82, 2.24) is 4.90 Å². The summed E-state index contributed by atoms with van der Waals surface area (Å²) in [7, 11) is 0. The molecule has 1 unspecified atom stereocenters. The van der Waals surface area contributed by atoms with Gasteiger partial charge in [0.15, 0.2) is 0 Å². The van der Waals surface area contributed by atoms with Crippen molar-refractivity contribution in [3.05, 3.63) is 54.2 Å². The molecule has 1 atom stereocenters. The molecule has 0 aromatic heterocycles. The molecule has 0 amide bonds. The van der Waals surface area contributed by atoms with E-state index in [1.165, 1.54) is 35.8 Å². The lowest BCUT2D eigenvalue weighted by Gasteiger charge is -2.14. The molecule has 1 nitrogen and oxygen atoms in total. The second kappa shape index (κ2) is 3.36. The van der Waals surface area contributed by atoms with Crippen molar-refractivity contribution in [1.29, 1.82) is 0 Å². The second-order valence-electron chi connectivity index (χ2n) is 5.13. The Bertz CT molecular complexity index is 612. The van der Waals surface area contributed by atoms with Crippen molar-refractivity contribution in [3.63, 3.8) is 0 Å². The molecule has 4 rings (SSSR count). The van der Waals surface area contributed by atoms with E-state index in [1.807, 2.05) is 0 Å². The molecule has 17 heavy (non-hydrogen) atoms.